The Morgan fingerprint density at radius 1 is 1.31 bits per heavy atom. The van der Waals surface area contributed by atoms with Gasteiger partial charge in [0.05, 0.1) is 12.4 Å². The van der Waals surface area contributed by atoms with E-state index in [0.717, 1.165) is 51.3 Å². The Morgan fingerprint density at radius 3 is 3.00 bits per heavy atom. The summed E-state index contributed by atoms with van der Waals surface area (Å²) >= 11 is 0. The highest BCUT2D eigenvalue weighted by molar-refractivity contribution is 5.42. The van der Waals surface area contributed by atoms with E-state index in [1.54, 1.807) is 6.33 Å². The van der Waals surface area contributed by atoms with Crippen molar-refractivity contribution in [2.24, 2.45) is 5.92 Å². The number of nitrogens with zero attached hydrogens (tertiary/aromatic N) is 2. The second-order valence-corrected chi connectivity index (χ2v) is 8.10. The molecule has 3 aliphatic rings. The molecule has 1 spiro atoms. The molecule has 138 valence electrons. The number of ether oxygens (including phenoxy) is 2. The van der Waals surface area contributed by atoms with Crippen LogP contribution < -0.4 is 4.74 Å². The van der Waals surface area contributed by atoms with Crippen molar-refractivity contribution in [3.05, 3.63) is 47.5 Å². The van der Waals surface area contributed by atoms with Crippen LogP contribution in [0.2, 0.25) is 0 Å². The zero-order valence-electron chi connectivity index (χ0n) is 15.4. The van der Waals surface area contributed by atoms with E-state index in [0.29, 0.717) is 5.92 Å². The van der Waals surface area contributed by atoms with E-state index < -0.39 is 0 Å². The number of fused-ring (bicyclic) bond motifs is 4. The molecular formula is C21H27N3O2. The number of aromatic amines is 1. The fraction of sp³-hybridized carbons (Fsp3) is 0.571. The first kappa shape index (κ1) is 16.3. The molecule has 0 saturated carbocycles. The predicted molar refractivity (Wildman–Crippen MR) is 99.1 cm³/mol. The average molecular weight is 353 g/mol. The molecule has 0 bridgehead atoms. The van der Waals surface area contributed by atoms with Crippen LogP contribution in [0.1, 0.15) is 48.6 Å². The van der Waals surface area contributed by atoms with E-state index in [-0.39, 0.29) is 11.7 Å². The first-order valence-corrected chi connectivity index (χ1v) is 9.84. The number of hydrogen-bond acceptors (Lipinski definition) is 4. The Kier molecular flexibility index (Phi) is 4.02. The lowest BCUT2D eigenvalue weighted by Gasteiger charge is -2.53. The molecule has 1 aromatic heterocycles. The largest absolute Gasteiger partial charge is 0.486 e. The van der Waals surface area contributed by atoms with Gasteiger partial charge in [-0.1, -0.05) is 12.1 Å². The number of nitrogens with one attached hydrogen (secondary N) is 1. The van der Waals surface area contributed by atoms with Gasteiger partial charge in [-0.05, 0) is 31.4 Å². The Bertz CT molecular complexity index is 766. The van der Waals surface area contributed by atoms with Crippen molar-refractivity contribution < 1.29 is 9.47 Å². The van der Waals surface area contributed by atoms with Crippen LogP contribution in [-0.4, -0.2) is 40.2 Å². The number of benzene rings is 1. The van der Waals surface area contributed by atoms with Crippen LogP contribution in [-0.2, 0) is 11.3 Å². The molecule has 1 aromatic carbocycles. The van der Waals surface area contributed by atoms with Crippen molar-refractivity contribution in [3.63, 3.8) is 0 Å². The second kappa shape index (κ2) is 6.39. The Hall–Kier alpha value is -1.85. The lowest BCUT2D eigenvalue weighted by molar-refractivity contribution is -0.150. The Labute approximate surface area is 154 Å². The standard InChI is InChI=1S/C21H27N3O2/c1-15-4-5-17-19(11-15)26-21(18-3-2-10-25-20(17)18)6-8-24(9-7-21)13-16-12-22-14-23-16/h4-5,11-12,14,18,20H,2-3,6-10,13H2,1H3,(H,22,23)/t18-,20+/m0/s1. The first-order valence-electron chi connectivity index (χ1n) is 9.84. The number of likely N-dealkylation sites (tertiary alicyclic amines) is 1. The molecule has 3 aliphatic heterocycles. The van der Waals surface area contributed by atoms with Gasteiger partial charge in [-0.25, -0.2) is 4.98 Å². The van der Waals surface area contributed by atoms with Crippen LogP contribution in [0.25, 0.3) is 0 Å². The van der Waals surface area contributed by atoms with Gasteiger partial charge in [0.25, 0.3) is 0 Å². The number of imidazole rings is 1. The molecule has 5 nitrogen and oxygen atoms in total. The van der Waals surface area contributed by atoms with Crippen molar-refractivity contribution in [3.8, 4) is 5.75 Å². The van der Waals surface area contributed by atoms with Crippen LogP contribution in [0, 0.1) is 12.8 Å². The number of piperidine rings is 1. The minimum absolute atomic E-state index is 0.0731. The fourth-order valence-corrected chi connectivity index (χ4v) is 5.06. The monoisotopic (exact) mass is 353 g/mol. The minimum Gasteiger partial charge on any atom is -0.486 e. The summed E-state index contributed by atoms with van der Waals surface area (Å²) in [5.41, 5.74) is 3.62. The lowest BCUT2D eigenvalue weighted by atomic mass is 9.70. The number of hydrogen-bond donors (Lipinski definition) is 1. The highest BCUT2D eigenvalue weighted by atomic mass is 16.5. The van der Waals surface area contributed by atoms with Gasteiger partial charge in [-0.3, -0.25) is 4.90 Å². The smallest absolute Gasteiger partial charge is 0.126 e. The molecule has 0 aliphatic carbocycles. The fourth-order valence-electron chi connectivity index (χ4n) is 5.06. The molecular weight excluding hydrogens is 326 g/mol. The molecule has 2 fully saturated rings. The highest BCUT2D eigenvalue weighted by Gasteiger charge is 2.52. The number of H-pyrrole nitrogens is 1. The maximum Gasteiger partial charge on any atom is 0.126 e. The molecule has 26 heavy (non-hydrogen) atoms. The van der Waals surface area contributed by atoms with Gasteiger partial charge >= 0.3 is 0 Å². The van der Waals surface area contributed by atoms with Crippen LogP contribution in [0.3, 0.4) is 0 Å². The summed E-state index contributed by atoms with van der Waals surface area (Å²) in [4.78, 5) is 9.86. The predicted octanol–water partition coefficient (Wildman–Crippen LogP) is 3.61. The van der Waals surface area contributed by atoms with Crippen LogP contribution in [0.5, 0.6) is 5.75 Å². The molecule has 5 rings (SSSR count). The Morgan fingerprint density at radius 2 is 2.19 bits per heavy atom. The molecule has 0 unspecified atom stereocenters. The van der Waals surface area contributed by atoms with Gasteiger partial charge in [0, 0.05) is 62.5 Å². The normalized spacial score (nSPS) is 27.6. The van der Waals surface area contributed by atoms with Gasteiger partial charge in [0.15, 0.2) is 0 Å². The van der Waals surface area contributed by atoms with Crippen molar-refractivity contribution in [2.75, 3.05) is 19.7 Å². The molecule has 0 amide bonds. The van der Waals surface area contributed by atoms with E-state index >= 15 is 0 Å². The summed E-state index contributed by atoms with van der Waals surface area (Å²) in [5, 5.41) is 0. The molecule has 2 saturated heterocycles. The quantitative estimate of drug-likeness (QED) is 0.896. The van der Waals surface area contributed by atoms with Crippen LogP contribution in [0.4, 0.5) is 0 Å². The van der Waals surface area contributed by atoms with Gasteiger partial charge < -0.3 is 14.5 Å². The molecule has 4 heterocycles. The Balaban J connectivity index is 1.39. The van der Waals surface area contributed by atoms with E-state index in [1.807, 2.05) is 6.20 Å². The van der Waals surface area contributed by atoms with Gasteiger partial charge in [0.2, 0.25) is 0 Å². The maximum absolute atomic E-state index is 6.77. The van der Waals surface area contributed by atoms with Crippen LogP contribution >= 0.6 is 0 Å². The zero-order valence-corrected chi connectivity index (χ0v) is 15.4. The van der Waals surface area contributed by atoms with Crippen molar-refractivity contribution >= 4 is 0 Å². The zero-order chi connectivity index (χ0) is 17.6. The summed E-state index contributed by atoms with van der Waals surface area (Å²) in [5.74, 6) is 1.52. The SMILES string of the molecule is Cc1ccc2c(c1)OC1(CCN(Cc3cnc[nH]3)CC1)[C@H]1CCCO[C@H]21. The second-order valence-electron chi connectivity index (χ2n) is 8.10. The molecule has 0 radical (unpaired) electrons. The summed E-state index contributed by atoms with van der Waals surface area (Å²) in [6.07, 6.45) is 8.37. The van der Waals surface area contributed by atoms with Crippen molar-refractivity contribution in [2.45, 2.75) is 50.9 Å². The topological polar surface area (TPSA) is 50.4 Å². The van der Waals surface area contributed by atoms with E-state index in [2.05, 4.69) is 40.0 Å². The lowest BCUT2D eigenvalue weighted by Crippen LogP contribution is -2.57. The van der Waals surface area contributed by atoms with E-state index in [4.69, 9.17) is 9.47 Å². The van der Waals surface area contributed by atoms with Gasteiger partial charge in [-0.15, -0.1) is 0 Å². The summed E-state index contributed by atoms with van der Waals surface area (Å²) < 4.78 is 13.0. The summed E-state index contributed by atoms with van der Waals surface area (Å²) in [6, 6.07) is 6.60. The third-order valence-electron chi connectivity index (χ3n) is 6.44. The molecule has 5 heteroatoms. The number of aryl methyl sites for hydroxylation is 1. The van der Waals surface area contributed by atoms with Gasteiger partial charge in [-0.2, -0.15) is 0 Å². The first-order chi connectivity index (χ1) is 12.7. The summed E-state index contributed by atoms with van der Waals surface area (Å²) in [7, 11) is 0. The van der Waals surface area contributed by atoms with E-state index in [9.17, 15) is 0 Å². The number of rotatable bonds is 2. The van der Waals surface area contributed by atoms with Crippen molar-refractivity contribution in [1.29, 1.82) is 0 Å². The average Bonchev–Trinajstić information content (AvgIpc) is 3.17. The molecule has 1 N–H and O–H groups in total. The van der Waals surface area contributed by atoms with Gasteiger partial charge in [0.1, 0.15) is 11.4 Å². The van der Waals surface area contributed by atoms with Crippen molar-refractivity contribution in [1.82, 2.24) is 14.9 Å². The van der Waals surface area contributed by atoms with E-state index in [1.165, 1.54) is 23.2 Å². The third kappa shape index (κ3) is 2.74. The maximum atomic E-state index is 6.77. The summed E-state index contributed by atoms with van der Waals surface area (Å²) in [6.45, 7) is 6.07. The molecule has 2 aromatic rings. The van der Waals surface area contributed by atoms with Crippen LogP contribution in [0.15, 0.2) is 30.7 Å². The third-order valence-corrected chi connectivity index (χ3v) is 6.44. The minimum atomic E-state index is -0.0731. The highest BCUT2D eigenvalue weighted by Crippen LogP contribution is 2.53. The number of aromatic nitrogens is 2. The molecule has 2 atom stereocenters.